The van der Waals surface area contributed by atoms with Crippen molar-refractivity contribution in [3.8, 4) is 0 Å². The molecule has 1 atom stereocenters. The first-order valence-corrected chi connectivity index (χ1v) is 5.26. The van der Waals surface area contributed by atoms with Crippen molar-refractivity contribution >= 4 is 0 Å². The minimum atomic E-state index is 0.212. The summed E-state index contributed by atoms with van der Waals surface area (Å²) in [6, 6.07) is 0. The van der Waals surface area contributed by atoms with Crippen molar-refractivity contribution in [1.29, 1.82) is 0 Å². The van der Waals surface area contributed by atoms with Crippen LogP contribution in [-0.4, -0.2) is 39.0 Å². The Labute approximate surface area is 88.2 Å². The van der Waals surface area contributed by atoms with Crippen molar-refractivity contribution in [2.75, 3.05) is 27.4 Å². The van der Waals surface area contributed by atoms with E-state index in [2.05, 4.69) is 26.1 Å². The maximum Gasteiger partial charge on any atom is 0.0805 e. The molecule has 0 aromatic carbocycles. The van der Waals surface area contributed by atoms with Gasteiger partial charge in [-0.15, -0.1) is 0 Å². The van der Waals surface area contributed by atoms with Gasteiger partial charge in [-0.2, -0.15) is 0 Å². The van der Waals surface area contributed by atoms with E-state index in [0.717, 1.165) is 19.4 Å². The molecule has 1 unspecified atom stereocenters. The zero-order valence-corrected chi connectivity index (χ0v) is 10.2. The van der Waals surface area contributed by atoms with E-state index in [1.54, 1.807) is 14.2 Å². The van der Waals surface area contributed by atoms with Crippen molar-refractivity contribution < 1.29 is 9.47 Å². The number of hydrogen-bond donors (Lipinski definition) is 1. The largest absolute Gasteiger partial charge is 0.382 e. The summed E-state index contributed by atoms with van der Waals surface area (Å²) in [4.78, 5) is 0. The molecule has 0 radical (unpaired) electrons. The molecule has 0 heterocycles. The van der Waals surface area contributed by atoms with Crippen LogP contribution in [0.4, 0.5) is 0 Å². The molecule has 0 rings (SSSR count). The third-order valence-electron chi connectivity index (χ3n) is 2.04. The maximum absolute atomic E-state index is 5.27. The number of hydrogen-bond acceptors (Lipinski definition) is 3. The summed E-state index contributed by atoms with van der Waals surface area (Å²) in [6.45, 7) is 8.25. The van der Waals surface area contributed by atoms with Gasteiger partial charge in [0.05, 0.1) is 12.7 Å². The molecule has 0 bridgehead atoms. The van der Waals surface area contributed by atoms with Gasteiger partial charge in [0, 0.05) is 19.8 Å². The van der Waals surface area contributed by atoms with Crippen LogP contribution < -0.4 is 5.32 Å². The Morgan fingerprint density at radius 3 is 2.29 bits per heavy atom. The standard InChI is InChI=1S/C11H25NO2/c1-11(2,3)12-8-6-7-10(14-5)9-13-4/h10,12H,6-9H2,1-5H3. The lowest BCUT2D eigenvalue weighted by molar-refractivity contribution is 0.0223. The molecule has 86 valence electrons. The van der Waals surface area contributed by atoms with E-state index in [1.165, 1.54) is 0 Å². The topological polar surface area (TPSA) is 30.5 Å². The Hall–Kier alpha value is -0.120. The van der Waals surface area contributed by atoms with Gasteiger partial charge < -0.3 is 14.8 Å². The highest BCUT2D eigenvalue weighted by molar-refractivity contribution is 4.70. The quantitative estimate of drug-likeness (QED) is 0.640. The molecule has 1 N–H and O–H groups in total. The third kappa shape index (κ3) is 8.48. The molecule has 0 fully saturated rings. The highest BCUT2D eigenvalue weighted by Gasteiger charge is 2.09. The SMILES string of the molecule is COCC(CCCNC(C)(C)C)OC. The van der Waals surface area contributed by atoms with Crippen LogP contribution in [0.2, 0.25) is 0 Å². The zero-order chi connectivity index (χ0) is 11.0. The summed E-state index contributed by atoms with van der Waals surface area (Å²) < 4.78 is 10.3. The summed E-state index contributed by atoms with van der Waals surface area (Å²) in [5, 5.41) is 3.45. The molecule has 0 aliphatic carbocycles. The lowest BCUT2D eigenvalue weighted by Gasteiger charge is -2.21. The monoisotopic (exact) mass is 203 g/mol. The number of nitrogens with one attached hydrogen (secondary N) is 1. The molecule has 0 aliphatic heterocycles. The van der Waals surface area contributed by atoms with Gasteiger partial charge in [0.15, 0.2) is 0 Å². The molecule has 0 saturated carbocycles. The van der Waals surface area contributed by atoms with Crippen LogP contribution in [0.3, 0.4) is 0 Å². The minimum Gasteiger partial charge on any atom is -0.382 e. The highest BCUT2D eigenvalue weighted by Crippen LogP contribution is 2.03. The summed E-state index contributed by atoms with van der Waals surface area (Å²) in [7, 11) is 3.44. The Balaban J connectivity index is 3.42. The Morgan fingerprint density at radius 2 is 1.86 bits per heavy atom. The summed E-state index contributed by atoms with van der Waals surface area (Å²) >= 11 is 0. The van der Waals surface area contributed by atoms with Gasteiger partial charge in [0.1, 0.15) is 0 Å². The predicted octanol–water partition coefficient (Wildman–Crippen LogP) is 1.82. The first kappa shape index (κ1) is 13.9. The molecular formula is C11H25NO2. The summed E-state index contributed by atoms with van der Waals surface area (Å²) in [5.74, 6) is 0. The highest BCUT2D eigenvalue weighted by atomic mass is 16.5. The Bertz CT molecular complexity index is 132. The molecular weight excluding hydrogens is 178 g/mol. The van der Waals surface area contributed by atoms with Crippen LogP contribution in [-0.2, 0) is 9.47 Å². The van der Waals surface area contributed by atoms with Crippen LogP contribution in [0.25, 0.3) is 0 Å². The van der Waals surface area contributed by atoms with Crippen molar-refractivity contribution in [3.05, 3.63) is 0 Å². The number of methoxy groups -OCH3 is 2. The second kappa shape index (κ2) is 7.21. The van der Waals surface area contributed by atoms with Crippen molar-refractivity contribution in [2.24, 2.45) is 0 Å². The van der Waals surface area contributed by atoms with Crippen LogP contribution in [0.5, 0.6) is 0 Å². The van der Waals surface area contributed by atoms with Crippen LogP contribution in [0.1, 0.15) is 33.6 Å². The molecule has 3 nitrogen and oxygen atoms in total. The Kier molecular flexibility index (Phi) is 7.15. The smallest absolute Gasteiger partial charge is 0.0805 e. The van der Waals surface area contributed by atoms with Crippen molar-refractivity contribution in [1.82, 2.24) is 5.32 Å². The van der Waals surface area contributed by atoms with Gasteiger partial charge in [-0.3, -0.25) is 0 Å². The summed E-state index contributed by atoms with van der Waals surface area (Å²) in [6.07, 6.45) is 2.41. The first-order valence-electron chi connectivity index (χ1n) is 5.26. The van der Waals surface area contributed by atoms with E-state index in [0.29, 0.717) is 6.61 Å². The van der Waals surface area contributed by atoms with Gasteiger partial charge in [-0.05, 0) is 40.2 Å². The maximum atomic E-state index is 5.27. The van der Waals surface area contributed by atoms with E-state index in [1.807, 2.05) is 0 Å². The molecule has 0 aliphatic rings. The fourth-order valence-corrected chi connectivity index (χ4v) is 1.25. The van der Waals surface area contributed by atoms with E-state index in [4.69, 9.17) is 9.47 Å². The molecule has 3 heteroatoms. The van der Waals surface area contributed by atoms with Gasteiger partial charge in [0.25, 0.3) is 0 Å². The summed E-state index contributed by atoms with van der Waals surface area (Å²) in [5.41, 5.74) is 0.212. The van der Waals surface area contributed by atoms with Gasteiger partial charge in [-0.25, -0.2) is 0 Å². The molecule has 14 heavy (non-hydrogen) atoms. The van der Waals surface area contributed by atoms with Gasteiger partial charge in [0.2, 0.25) is 0 Å². The molecule has 0 saturated heterocycles. The minimum absolute atomic E-state index is 0.212. The fourth-order valence-electron chi connectivity index (χ4n) is 1.25. The number of ether oxygens (including phenoxy) is 2. The predicted molar refractivity (Wildman–Crippen MR) is 59.7 cm³/mol. The van der Waals surface area contributed by atoms with Gasteiger partial charge >= 0.3 is 0 Å². The van der Waals surface area contributed by atoms with E-state index in [-0.39, 0.29) is 11.6 Å². The average molecular weight is 203 g/mol. The molecule has 0 aromatic heterocycles. The average Bonchev–Trinajstić information content (AvgIpc) is 2.08. The Morgan fingerprint density at radius 1 is 1.21 bits per heavy atom. The number of rotatable bonds is 7. The first-order chi connectivity index (χ1) is 6.49. The lowest BCUT2D eigenvalue weighted by Crippen LogP contribution is -2.36. The second-order valence-electron chi connectivity index (χ2n) is 4.63. The third-order valence-corrected chi connectivity index (χ3v) is 2.04. The van der Waals surface area contributed by atoms with Crippen LogP contribution in [0, 0.1) is 0 Å². The van der Waals surface area contributed by atoms with E-state index in [9.17, 15) is 0 Å². The van der Waals surface area contributed by atoms with E-state index < -0.39 is 0 Å². The van der Waals surface area contributed by atoms with Crippen molar-refractivity contribution in [3.63, 3.8) is 0 Å². The molecule has 0 amide bonds. The van der Waals surface area contributed by atoms with E-state index >= 15 is 0 Å². The van der Waals surface area contributed by atoms with Gasteiger partial charge in [-0.1, -0.05) is 0 Å². The van der Waals surface area contributed by atoms with Crippen LogP contribution in [0.15, 0.2) is 0 Å². The second-order valence-corrected chi connectivity index (χ2v) is 4.63. The van der Waals surface area contributed by atoms with Crippen molar-refractivity contribution in [2.45, 2.75) is 45.3 Å². The van der Waals surface area contributed by atoms with Crippen LogP contribution >= 0.6 is 0 Å². The lowest BCUT2D eigenvalue weighted by atomic mass is 10.1. The zero-order valence-electron chi connectivity index (χ0n) is 10.2. The normalized spacial score (nSPS) is 14.4. The molecule has 0 aromatic rings. The fraction of sp³-hybridized carbons (Fsp3) is 1.00. The molecule has 0 spiro atoms.